The topological polar surface area (TPSA) is 42.7 Å². The van der Waals surface area contributed by atoms with Gasteiger partial charge in [0, 0.05) is 18.5 Å². The van der Waals surface area contributed by atoms with Crippen molar-refractivity contribution in [3.05, 3.63) is 12.2 Å². The van der Waals surface area contributed by atoms with Crippen LogP contribution in [0.5, 0.6) is 0 Å². The first kappa shape index (κ1) is 16.2. The van der Waals surface area contributed by atoms with Gasteiger partial charge in [-0.15, -0.1) is 0 Å². The van der Waals surface area contributed by atoms with Gasteiger partial charge in [0.05, 0.1) is 0 Å². The molecule has 1 rings (SSSR count). The molecule has 1 aromatic heterocycles. The normalized spacial score (nSPS) is 15.2. The average molecular weight is 266 g/mol. The lowest BCUT2D eigenvalue weighted by Crippen LogP contribution is -2.40. The van der Waals surface area contributed by atoms with Crippen LogP contribution in [0.25, 0.3) is 0 Å². The van der Waals surface area contributed by atoms with Gasteiger partial charge in [0.25, 0.3) is 0 Å². The molecule has 0 fully saturated rings. The SMILES string of the molecule is CCCNC(Cc1ncnn1C(C)C)C(C)C(C)C. The molecule has 19 heavy (non-hydrogen) atoms. The second-order valence-electron chi connectivity index (χ2n) is 6.08. The Morgan fingerprint density at radius 1 is 1.21 bits per heavy atom. The average Bonchev–Trinajstić information content (AvgIpc) is 2.81. The van der Waals surface area contributed by atoms with Crippen molar-refractivity contribution in [3.63, 3.8) is 0 Å². The van der Waals surface area contributed by atoms with Crippen molar-refractivity contribution in [2.75, 3.05) is 6.54 Å². The minimum Gasteiger partial charge on any atom is -0.313 e. The van der Waals surface area contributed by atoms with E-state index in [1.54, 1.807) is 6.33 Å². The van der Waals surface area contributed by atoms with Gasteiger partial charge in [0.15, 0.2) is 0 Å². The molecule has 0 bridgehead atoms. The van der Waals surface area contributed by atoms with Crippen LogP contribution >= 0.6 is 0 Å². The molecule has 0 radical (unpaired) electrons. The molecule has 0 aliphatic carbocycles. The Hall–Kier alpha value is -0.900. The first-order valence-electron chi connectivity index (χ1n) is 7.59. The fourth-order valence-electron chi connectivity index (χ4n) is 2.29. The molecule has 4 nitrogen and oxygen atoms in total. The highest BCUT2D eigenvalue weighted by Crippen LogP contribution is 2.18. The third-order valence-corrected chi connectivity index (χ3v) is 3.88. The van der Waals surface area contributed by atoms with Gasteiger partial charge in [0.1, 0.15) is 12.2 Å². The Kier molecular flexibility index (Phi) is 6.49. The first-order valence-corrected chi connectivity index (χ1v) is 7.59. The molecule has 1 N–H and O–H groups in total. The first-order chi connectivity index (χ1) is 8.97. The highest BCUT2D eigenvalue weighted by Gasteiger charge is 2.22. The molecular weight excluding hydrogens is 236 g/mol. The lowest BCUT2D eigenvalue weighted by Gasteiger charge is -2.28. The van der Waals surface area contributed by atoms with E-state index in [0.717, 1.165) is 25.2 Å². The maximum absolute atomic E-state index is 4.44. The lowest BCUT2D eigenvalue weighted by molar-refractivity contribution is 0.289. The van der Waals surface area contributed by atoms with Crippen molar-refractivity contribution < 1.29 is 0 Å². The van der Waals surface area contributed by atoms with Gasteiger partial charge in [-0.3, -0.25) is 0 Å². The van der Waals surface area contributed by atoms with E-state index in [9.17, 15) is 0 Å². The summed E-state index contributed by atoms with van der Waals surface area (Å²) in [4.78, 5) is 4.44. The van der Waals surface area contributed by atoms with Gasteiger partial charge in [-0.2, -0.15) is 5.10 Å². The molecule has 0 spiro atoms. The largest absolute Gasteiger partial charge is 0.313 e. The minimum absolute atomic E-state index is 0.374. The molecule has 0 aliphatic heterocycles. The van der Waals surface area contributed by atoms with Gasteiger partial charge < -0.3 is 5.32 Å². The zero-order valence-corrected chi connectivity index (χ0v) is 13.3. The molecule has 110 valence electrons. The van der Waals surface area contributed by atoms with Crippen LogP contribution in [0.4, 0.5) is 0 Å². The van der Waals surface area contributed by atoms with Gasteiger partial charge in [-0.05, 0) is 38.6 Å². The zero-order valence-electron chi connectivity index (χ0n) is 13.3. The van der Waals surface area contributed by atoms with E-state index < -0.39 is 0 Å². The highest BCUT2D eigenvalue weighted by molar-refractivity contribution is 4.93. The van der Waals surface area contributed by atoms with Crippen LogP contribution in [0.15, 0.2) is 6.33 Å². The van der Waals surface area contributed by atoms with Gasteiger partial charge in [0.2, 0.25) is 0 Å². The summed E-state index contributed by atoms with van der Waals surface area (Å²) in [6.45, 7) is 14.5. The van der Waals surface area contributed by atoms with E-state index in [-0.39, 0.29) is 0 Å². The highest BCUT2D eigenvalue weighted by atomic mass is 15.3. The molecule has 2 atom stereocenters. The third-order valence-electron chi connectivity index (χ3n) is 3.88. The van der Waals surface area contributed by atoms with E-state index in [1.165, 1.54) is 0 Å². The predicted octanol–water partition coefficient (Wildman–Crippen LogP) is 3.06. The summed E-state index contributed by atoms with van der Waals surface area (Å²) in [5.74, 6) is 2.39. The summed E-state index contributed by atoms with van der Waals surface area (Å²) in [6, 6.07) is 0.848. The number of nitrogens with zero attached hydrogens (tertiary/aromatic N) is 3. The van der Waals surface area contributed by atoms with Crippen LogP contribution in [0.1, 0.15) is 59.8 Å². The molecule has 0 aromatic carbocycles. The second kappa shape index (κ2) is 7.63. The molecule has 4 heteroatoms. The van der Waals surface area contributed by atoms with E-state index in [0.29, 0.717) is 23.9 Å². The number of hydrogen-bond donors (Lipinski definition) is 1. The summed E-state index contributed by atoms with van der Waals surface area (Å²) in [5, 5.41) is 8.00. The standard InChI is InChI=1S/C15H30N4/c1-7-8-16-14(13(6)11(2)3)9-15-17-10-18-19(15)12(4)5/h10-14,16H,7-9H2,1-6H3. The summed E-state index contributed by atoms with van der Waals surface area (Å²) < 4.78 is 2.04. The Morgan fingerprint density at radius 3 is 2.42 bits per heavy atom. The van der Waals surface area contributed by atoms with Crippen LogP contribution in [-0.2, 0) is 6.42 Å². The van der Waals surface area contributed by atoms with Crippen molar-refractivity contribution in [3.8, 4) is 0 Å². The van der Waals surface area contributed by atoms with E-state index in [1.807, 2.05) is 4.68 Å². The summed E-state index contributed by atoms with van der Waals surface area (Å²) in [7, 11) is 0. The Bertz CT molecular complexity index is 357. The quantitative estimate of drug-likeness (QED) is 0.786. The Labute approximate surface area is 118 Å². The van der Waals surface area contributed by atoms with Crippen LogP contribution in [0, 0.1) is 11.8 Å². The summed E-state index contributed by atoms with van der Waals surface area (Å²) in [5.41, 5.74) is 0. The van der Waals surface area contributed by atoms with Crippen LogP contribution in [0.3, 0.4) is 0 Å². The van der Waals surface area contributed by atoms with Crippen LogP contribution < -0.4 is 5.32 Å². The van der Waals surface area contributed by atoms with E-state index >= 15 is 0 Å². The van der Waals surface area contributed by atoms with E-state index in [2.05, 4.69) is 56.9 Å². The number of hydrogen-bond acceptors (Lipinski definition) is 3. The maximum Gasteiger partial charge on any atom is 0.138 e. The van der Waals surface area contributed by atoms with Crippen molar-refractivity contribution >= 4 is 0 Å². The van der Waals surface area contributed by atoms with Gasteiger partial charge in [-0.1, -0.05) is 27.7 Å². The van der Waals surface area contributed by atoms with E-state index in [4.69, 9.17) is 0 Å². The van der Waals surface area contributed by atoms with Crippen molar-refractivity contribution in [2.24, 2.45) is 11.8 Å². The summed E-state index contributed by atoms with van der Waals surface area (Å²) >= 11 is 0. The van der Waals surface area contributed by atoms with Crippen molar-refractivity contribution in [2.45, 2.75) is 66.5 Å². The smallest absolute Gasteiger partial charge is 0.138 e. The molecule has 0 saturated carbocycles. The van der Waals surface area contributed by atoms with Crippen molar-refractivity contribution in [1.82, 2.24) is 20.1 Å². The monoisotopic (exact) mass is 266 g/mol. The number of rotatable bonds is 8. The fraction of sp³-hybridized carbons (Fsp3) is 0.867. The number of aromatic nitrogens is 3. The molecule has 2 unspecified atom stereocenters. The third kappa shape index (κ3) is 4.60. The second-order valence-corrected chi connectivity index (χ2v) is 6.08. The number of nitrogens with one attached hydrogen (secondary N) is 1. The molecule has 0 saturated heterocycles. The Morgan fingerprint density at radius 2 is 1.89 bits per heavy atom. The fourth-order valence-corrected chi connectivity index (χ4v) is 2.29. The summed E-state index contributed by atoms with van der Waals surface area (Å²) in [6.07, 6.45) is 3.79. The van der Waals surface area contributed by atoms with Crippen LogP contribution in [0.2, 0.25) is 0 Å². The molecule has 1 heterocycles. The molecule has 0 amide bonds. The lowest BCUT2D eigenvalue weighted by atomic mass is 9.88. The maximum atomic E-state index is 4.44. The van der Waals surface area contributed by atoms with Crippen molar-refractivity contribution in [1.29, 1.82) is 0 Å². The Balaban J connectivity index is 2.78. The van der Waals surface area contributed by atoms with Gasteiger partial charge in [-0.25, -0.2) is 9.67 Å². The molecular formula is C15H30N4. The van der Waals surface area contributed by atoms with Crippen LogP contribution in [-0.4, -0.2) is 27.4 Å². The molecule has 0 aliphatic rings. The molecule has 1 aromatic rings. The minimum atomic E-state index is 0.374. The predicted molar refractivity (Wildman–Crippen MR) is 80.2 cm³/mol. The zero-order chi connectivity index (χ0) is 14.4. The van der Waals surface area contributed by atoms with Gasteiger partial charge >= 0.3 is 0 Å².